The number of nitrogens with two attached hydrogens (primary N) is 1. The summed E-state index contributed by atoms with van der Waals surface area (Å²) in [6.07, 6.45) is 1.79. The summed E-state index contributed by atoms with van der Waals surface area (Å²) >= 11 is 1.53. The molecule has 22 heavy (non-hydrogen) atoms. The van der Waals surface area contributed by atoms with Crippen LogP contribution in [0.25, 0.3) is 11.1 Å². The van der Waals surface area contributed by atoms with Gasteiger partial charge >= 0.3 is 0 Å². The van der Waals surface area contributed by atoms with Gasteiger partial charge in [-0.15, -0.1) is 11.3 Å². The Kier molecular flexibility index (Phi) is 5.24. The summed E-state index contributed by atoms with van der Waals surface area (Å²) in [4.78, 5) is 13.7. The highest BCUT2D eigenvalue weighted by atomic mass is 32.1. The standard InChI is InChI=1S/C18H24N2OS/c1-5-9-20-18(21)16-15(14(6-2)22-17(16)19)13-8-7-11(3)10-12(13)4/h7-8,10H,5-6,9,19H2,1-4H3,(H,20,21). The summed E-state index contributed by atoms with van der Waals surface area (Å²) in [5.41, 5.74) is 11.3. The van der Waals surface area contributed by atoms with E-state index in [9.17, 15) is 4.79 Å². The van der Waals surface area contributed by atoms with Gasteiger partial charge in [0.1, 0.15) is 0 Å². The minimum absolute atomic E-state index is 0.0646. The Morgan fingerprint density at radius 2 is 2.00 bits per heavy atom. The number of hydrogen-bond acceptors (Lipinski definition) is 3. The van der Waals surface area contributed by atoms with E-state index >= 15 is 0 Å². The molecule has 0 aliphatic heterocycles. The van der Waals surface area contributed by atoms with Gasteiger partial charge in [0.05, 0.1) is 10.6 Å². The van der Waals surface area contributed by atoms with E-state index in [0.29, 0.717) is 17.1 Å². The van der Waals surface area contributed by atoms with Crippen molar-refractivity contribution in [2.75, 3.05) is 12.3 Å². The average Bonchev–Trinajstić information content (AvgIpc) is 2.81. The van der Waals surface area contributed by atoms with E-state index < -0.39 is 0 Å². The van der Waals surface area contributed by atoms with E-state index in [1.54, 1.807) is 0 Å². The topological polar surface area (TPSA) is 55.1 Å². The first kappa shape index (κ1) is 16.6. The van der Waals surface area contributed by atoms with E-state index in [1.165, 1.54) is 27.3 Å². The van der Waals surface area contributed by atoms with E-state index in [4.69, 9.17) is 5.73 Å². The maximum atomic E-state index is 12.5. The summed E-state index contributed by atoms with van der Waals surface area (Å²) in [5, 5.41) is 3.57. The highest BCUT2D eigenvalue weighted by molar-refractivity contribution is 7.17. The molecule has 0 unspecified atom stereocenters. The fraction of sp³-hybridized carbons (Fsp3) is 0.389. The Balaban J connectivity index is 2.60. The van der Waals surface area contributed by atoms with Gasteiger partial charge in [0.25, 0.3) is 5.91 Å². The van der Waals surface area contributed by atoms with Gasteiger partial charge in [-0.05, 0) is 37.8 Å². The Hall–Kier alpha value is -1.81. The summed E-state index contributed by atoms with van der Waals surface area (Å²) in [5.74, 6) is -0.0646. The lowest BCUT2D eigenvalue weighted by Gasteiger charge is -2.11. The number of carbonyl (C=O) groups excluding carboxylic acids is 1. The van der Waals surface area contributed by atoms with Gasteiger partial charge in [0.15, 0.2) is 0 Å². The second kappa shape index (κ2) is 6.97. The van der Waals surface area contributed by atoms with Crippen molar-refractivity contribution in [1.29, 1.82) is 0 Å². The molecule has 1 amide bonds. The van der Waals surface area contributed by atoms with Crippen molar-refractivity contribution >= 4 is 22.2 Å². The zero-order chi connectivity index (χ0) is 16.3. The summed E-state index contributed by atoms with van der Waals surface area (Å²) in [7, 11) is 0. The van der Waals surface area contributed by atoms with Crippen molar-refractivity contribution in [2.24, 2.45) is 0 Å². The van der Waals surface area contributed by atoms with Gasteiger partial charge in [-0.1, -0.05) is 37.6 Å². The van der Waals surface area contributed by atoms with Crippen molar-refractivity contribution in [2.45, 2.75) is 40.5 Å². The van der Waals surface area contributed by atoms with E-state index in [-0.39, 0.29) is 5.91 Å². The van der Waals surface area contributed by atoms with Crippen LogP contribution in [-0.2, 0) is 6.42 Å². The maximum absolute atomic E-state index is 12.5. The Morgan fingerprint density at radius 1 is 1.27 bits per heavy atom. The average molecular weight is 316 g/mol. The number of hydrogen-bond donors (Lipinski definition) is 2. The fourth-order valence-electron chi connectivity index (χ4n) is 2.68. The molecule has 118 valence electrons. The molecule has 1 aromatic carbocycles. The smallest absolute Gasteiger partial charge is 0.254 e. The molecule has 0 bridgehead atoms. The molecule has 3 nitrogen and oxygen atoms in total. The van der Waals surface area contributed by atoms with Gasteiger partial charge in [-0.25, -0.2) is 0 Å². The molecule has 4 heteroatoms. The van der Waals surface area contributed by atoms with Crippen LogP contribution in [0.4, 0.5) is 5.00 Å². The molecule has 0 atom stereocenters. The molecule has 2 aromatic rings. The van der Waals surface area contributed by atoms with Crippen molar-refractivity contribution in [3.63, 3.8) is 0 Å². The summed E-state index contributed by atoms with van der Waals surface area (Å²) in [6, 6.07) is 6.33. The van der Waals surface area contributed by atoms with E-state index in [0.717, 1.165) is 24.0 Å². The first-order chi connectivity index (χ1) is 10.5. The number of nitrogen functional groups attached to an aromatic ring is 1. The number of amides is 1. The first-order valence-corrected chi connectivity index (χ1v) is 8.58. The third-order valence-corrected chi connectivity index (χ3v) is 4.91. The second-order valence-electron chi connectivity index (χ2n) is 5.57. The number of benzene rings is 1. The van der Waals surface area contributed by atoms with Gasteiger partial charge in [-0.3, -0.25) is 4.79 Å². The van der Waals surface area contributed by atoms with Crippen LogP contribution in [0.5, 0.6) is 0 Å². The minimum atomic E-state index is -0.0646. The van der Waals surface area contributed by atoms with Gasteiger partial charge < -0.3 is 11.1 Å². The van der Waals surface area contributed by atoms with E-state index in [1.807, 2.05) is 6.92 Å². The van der Waals surface area contributed by atoms with E-state index in [2.05, 4.69) is 44.3 Å². The third kappa shape index (κ3) is 3.17. The number of nitrogens with one attached hydrogen (secondary N) is 1. The molecule has 0 aliphatic rings. The lowest BCUT2D eigenvalue weighted by atomic mass is 9.94. The zero-order valence-electron chi connectivity index (χ0n) is 13.7. The Bertz CT molecular complexity index is 689. The molecule has 0 spiro atoms. The number of anilines is 1. The molecule has 0 radical (unpaired) electrons. The van der Waals surface area contributed by atoms with Crippen molar-refractivity contribution in [1.82, 2.24) is 5.32 Å². The highest BCUT2D eigenvalue weighted by Gasteiger charge is 2.23. The van der Waals surface area contributed by atoms with Crippen molar-refractivity contribution in [3.05, 3.63) is 39.8 Å². The number of rotatable bonds is 5. The predicted octanol–water partition coefficient (Wildman–Crippen LogP) is 4.32. The van der Waals surface area contributed by atoms with Crippen LogP contribution < -0.4 is 11.1 Å². The van der Waals surface area contributed by atoms with Crippen LogP contribution in [0.1, 0.15) is 46.6 Å². The highest BCUT2D eigenvalue weighted by Crippen LogP contribution is 2.40. The van der Waals surface area contributed by atoms with Gasteiger partial charge in [0, 0.05) is 17.0 Å². The van der Waals surface area contributed by atoms with Crippen LogP contribution in [0.3, 0.4) is 0 Å². The number of thiophene rings is 1. The quantitative estimate of drug-likeness (QED) is 0.863. The molecule has 1 aromatic heterocycles. The first-order valence-electron chi connectivity index (χ1n) is 7.76. The lowest BCUT2D eigenvalue weighted by molar-refractivity contribution is 0.0955. The number of carbonyl (C=O) groups is 1. The molecule has 0 aliphatic carbocycles. The monoisotopic (exact) mass is 316 g/mol. The maximum Gasteiger partial charge on any atom is 0.254 e. The summed E-state index contributed by atoms with van der Waals surface area (Å²) < 4.78 is 0. The SMILES string of the molecule is CCCNC(=O)c1c(N)sc(CC)c1-c1ccc(C)cc1C. The van der Waals surface area contributed by atoms with Crippen LogP contribution in [-0.4, -0.2) is 12.5 Å². The largest absolute Gasteiger partial charge is 0.390 e. The molecule has 0 fully saturated rings. The van der Waals surface area contributed by atoms with Crippen molar-refractivity contribution in [3.8, 4) is 11.1 Å². The normalized spacial score (nSPS) is 10.7. The zero-order valence-corrected chi connectivity index (χ0v) is 14.6. The molecule has 3 N–H and O–H groups in total. The van der Waals surface area contributed by atoms with Crippen LogP contribution in [0.2, 0.25) is 0 Å². The second-order valence-corrected chi connectivity index (χ2v) is 6.70. The molecule has 0 saturated carbocycles. The van der Waals surface area contributed by atoms with Crippen molar-refractivity contribution < 1.29 is 4.79 Å². The molecule has 0 saturated heterocycles. The summed E-state index contributed by atoms with van der Waals surface area (Å²) in [6.45, 7) is 8.98. The lowest BCUT2D eigenvalue weighted by Crippen LogP contribution is -2.25. The molecular weight excluding hydrogens is 292 g/mol. The van der Waals surface area contributed by atoms with Gasteiger partial charge in [0.2, 0.25) is 0 Å². The molecule has 2 rings (SSSR count). The molecular formula is C18H24N2OS. The Labute approximate surface area is 136 Å². The third-order valence-electron chi connectivity index (χ3n) is 3.74. The van der Waals surface area contributed by atoms with Crippen LogP contribution >= 0.6 is 11.3 Å². The fourth-order valence-corrected chi connectivity index (χ4v) is 3.70. The van der Waals surface area contributed by atoms with Crippen LogP contribution in [0.15, 0.2) is 18.2 Å². The van der Waals surface area contributed by atoms with Gasteiger partial charge in [-0.2, -0.15) is 0 Å². The predicted molar refractivity (Wildman–Crippen MR) is 95.6 cm³/mol. The molecule has 1 heterocycles. The Morgan fingerprint density at radius 3 is 2.59 bits per heavy atom. The minimum Gasteiger partial charge on any atom is -0.390 e. The van der Waals surface area contributed by atoms with Crippen LogP contribution in [0, 0.1) is 13.8 Å². The number of aryl methyl sites for hydroxylation is 3.